The SMILES string of the molecule is Cc1nn(C)cc1CNC1=NCCN1. The molecule has 0 fully saturated rings. The molecule has 2 heterocycles. The average molecular weight is 193 g/mol. The molecule has 2 rings (SSSR count). The van der Waals surface area contributed by atoms with E-state index in [1.165, 1.54) is 5.56 Å². The lowest BCUT2D eigenvalue weighted by Gasteiger charge is -2.04. The van der Waals surface area contributed by atoms with Gasteiger partial charge in [-0.25, -0.2) is 0 Å². The van der Waals surface area contributed by atoms with Gasteiger partial charge in [0.1, 0.15) is 0 Å². The highest BCUT2D eigenvalue weighted by Gasteiger charge is 2.06. The number of guanidine groups is 1. The lowest BCUT2D eigenvalue weighted by atomic mass is 10.3. The Morgan fingerprint density at radius 3 is 3.07 bits per heavy atom. The number of aliphatic imine (C=N–C) groups is 1. The maximum absolute atomic E-state index is 4.27. The third-order valence-electron chi connectivity index (χ3n) is 2.24. The summed E-state index contributed by atoms with van der Waals surface area (Å²) in [6.45, 7) is 4.61. The first-order valence-electron chi connectivity index (χ1n) is 4.77. The summed E-state index contributed by atoms with van der Waals surface area (Å²) in [7, 11) is 1.93. The standard InChI is InChI=1S/C9H15N5/c1-7-8(6-14(2)13-7)5-12-9-10-3-4-11-9/h6H,3-5H2,1-2H3,(H2,10,11,12). The molecule has 1 aromatic rings. The fraction of sp³-hybridized carbons (Fsp3) is 0.556. The van der Waals surface area contributed by atoms with Gasteiger partial charge < -0.3 is 10.6 Å². The van der Waals surface area contributed by atoms with Gasteiger partial charge >= 0.3 is 0 Å². The summed E-state index contributed by atoms with van der Waals surface area (Å²) in [5.41, 5.74) is 2.28. The maximum Gasteiger partial charge on any atom is 0.191 e. The Morgan fingerprint density at radius 1 is 1.64 bits per heavy atom. The van der Waals surface area contributed by atoms with E-state index in [0.717, 1.165) is 31.3 Å². The summed E-state index contributed by atoms with van der Waals surface area (Å²) in [6, 6.07) is 0. The molecule has 0 aromatic carbocycles. The molecule has 0 saturated heterocycles. The molecule has 0 atom stereocenters. The second-order valence-corrected chi connectivity index (χ2v) is 3.42. The number of nitrogens with zero attached hydrogens (tertiary/aromatic N) is 3. The topological polar surface area (TPSA) is 54.2 Å². The smallest absolute Gasteiger partial charge is 0.191 e. The Bertz CT molecular complexity index is 352. The van der Waals surface area contributed by atoms with Crippen molar-refractivity contribution in [2.24, 2.45) is 12.0 Å². The molecular formula is C9H15N5. The van der Waals surface area contributed by atoms with Crippen molar-refractivity contribution in [3.05, 3.63) is 17.5 Å². The summed E-state index contributed by atoms with van der Waals surface area (Å²) >= 11 is 0. The molecule has 0 saturated carbocycles. The van der Waals surface area contributed by atoms with E-state index in [1.54, 1.807) is 0 Å². The van der Waals surface area contributed by atoms with Gasteiger partial charge in [-0.2, -0.15) is 5.10 Å². The van der Waals surface area contributed by atoms with Crippen molar-refractivity contribution < 1.29 is 0 Å². The van der Waals surface area contributed by atoms with Crippen LogP contribution in [0.4, 0.5) is 0 Å². The Morgan fingerprint density at radius 2 is 2.50 bits per heavy atom. The van der Waals surface area contributed by atoms with Crippen LogP contribution in [0.15, 0.2) is 11.2 Å². The van der Waals surface area contributed by atoms with Crippen LogP contribution in [-0.4, -0.2) is 28.8 Å². The highest BCUT2D eigenvalue weighted by molar-refractivity contribution is 5.81. The molecule has 14 heavy (non-hydrogen) atoms. The number of nitrogens with one attached hydrogen (secondary N) is 2. The van der Waals surface area contributed by atoms with E-state index in [0.29, 0.717) is 0 Å². The lowest BCUT2D eigenvalue weighted by molar-refractivity contribution is 0.756. The Kier molecular flexibility index (Phi) is 2.39. The van der Waals surface area contributed by atoms with Crippen LogP contribution in [0.1, 0.15) is 11.3 Å². The number of aryl methyl sites for hydroxylation is 2. The molecule has 1 aromatic heterocycles. The zero-order valence-electron chi connectivity index (χ0n) is 8.54. The summed E-state index contributed by atoms with van der Waals surface area (Å²) in [5.74, 6) is 0.897. The zero-order valence-corrected chi connectivity index (χ0v) is 8.54. The number of rotatable bonds is 2. The monoisotopic (exact) mass is 193 g/mol. The highest BCUT2D eigenvalue weighted by atomic mass is 15.3. The molecule has 0 radical (unpaired) electrons. The van der Waals surface area contributed by atoms with Crippen LogP contribution in [0.25, 0.3) is 0 Å². The molecular weight excluding hydrogens is 178 g/mol. The van der Waals surface area contributed by atoms with Gasteiger partial charge in [-0.3, -0.25) is 9.67 Å². The first-order chi connectivity index (χ1) is 6.75. The van der Waals surface area contributed by atoms with Gasteiger partial charge in [0.2, 0.25) is 0 Å². The first-order valence-corrected chi connectivity index (χ1v) is 4.77. The van der Waals surface area contributed by atoms with Crippen LogP contribution in [0.2, 0.25) is 0 Å². The largest absolute Gasteiger partial charge is 0.355 e. The van der Waals surface area contributed by atoms with Gasteiger partial charge in [-0.15, -0.1) is 0 Å². The van der Waals surface area contributed by atoms with Gasteiger partial charge in [-0.05, 0) is 6.92 Å². The Hall–Kier alpha value is -1.52. The minimum atomic E-state index is 0.783. The van der Waals surface area contributed by atoms with Crippen LogP contribution >= 0.6 is 0 Å². The summed E-state index contributed by atoms with van der Waals surface area (Å²) < 4.78 is 1.83. The van der Waals surface area contributed by atoms with Crippen molar-refractivity contribution in [1.82, 2.24) is 20.4 Å². The molecule has 5 nitrogen and oxygen atoms in total. The second-order valence-electron chi connectivity index (χ2n) is 3.42. The molecule has 2 N–H and O–H groups in total. The quantitative estimate of drug-likeness (QED) is 0.682. The average Bonchev–Trinajstić information content (AvgIpc) is 2.72. The van der Waals surface area contributed by atoms with Crippen molar-refractivity contribution in [1.29, 1.82) is 0 Å². The molecule has 5 heteroatoms. The van der Waals surface area contributed by atoms with Crippen LogP contribution in [0.5, 0.6) is 0 Å². The minimum Gasteiger partial charge on any atom is -0.355 e. The van der Waals surface area contributed by atoms with E-state index >= 15 is 0 Å². The third-order valence-corrected chi connectivity index (χ3v) is 2.24. The summed E-state index contributed by atoms with van der Waals surface area (Å²) in [4.78, 5) is 4.25. The zero-order chi connectivity index (χ0) is 9.97. The normalized spacial score (nSPS) is 15.1. The molecule has 0 spiro atoms. The lowest BCUT2D eigenvalue weighted by Crippen LogP contribution is -2.33. The van der Waals surface area contributed by atoms with Crippen LogP contribution in [-0.2, 0) is 13.6 Å². The predicted molar refractivity (Wildman–Crippen MR) is 55.1 cm³/mol. The Labute approximate surface area is 83.2 Å². The van der Waals surface area contributed by atoms with E-state index in [-0.39, 0.29) is 0 Å². The predicted octanol–water partition coefficient (Wildman–Crippen LogP) is -0.223. The van der Waals surface area contributed by atoms with E-state index in [4.69, 9.17) is 0 Å². The highest BCUT2D eigenvalue weighted by Crippen LogP contribution is 2.03. The molecule has 1 aliphatic rings. The fourth-order valence-corrected chi connectivity index (χ4v) is 1.52. The van der Waals surface area contributed by atoms with Gasteiger partial charge in [0.15, 0.2) is 5.96 Å². The molecule has 0 aliphatic carbocycles. The minimum absolute atomic E-state index is 0.783. The number of hydrogen-bond donors (Lipinski definition) is 2. The van der Waals surface area contributed by atoms with Crippen molar-refractivity contribution in [2.75, 3.05) is 13.1 Å². The van der Waals surface area contributed by atoms with E-state index < -0.39 is 0 Å². The van der Waals surface area contributed by atoms with Crippen molar-refractivity contribution in [3.8, 4) is 0 Å². The molecule has 0 unspecified atom stereocenters. The summed E-state index contributed by atoms with van der Waals surface area (Å²) in [6.07, 6.45) is 2.03. The maximum atomic E-state index is 4.27. The van der Waals surface area contributed by atoms with Crippen LogP contribution < -0.4 is 10.6 Å². The number of hydrogen-bond acceptors (Lipinski definition) is 4. The first kappa shape index (κ1) is 9.05. The van der Waals surface area contributed by atoms with Gasteiger partial charge in [0.05, 0.1) is 12.2 Å². The van der Waals surface area contributed by atoms with Gasteiger partial charge in [-0.1, -0.05) is 0 Å². The van der Waals surface area contributed by atoms with Gasteiger partial charge in [0, 0.05) is 31.9 Å². The number of aromatic nitrogens is 2. The third kappa shape index (κ3) is 1.86. The van der Waals surface area contributed by atoms with Crippen LogP contribution in [0.3, 0.4) is 0 Å². The van der Waals surface area contributed by atoms with E-state index in [2.05, 4.69) is 20.7 Å². The fourth-order valence-electron chi connectivity index (χ4n) is 1.52. The molecule has 76 valence electrons. The van der Waals surface area contributed by atoms with Crippen LogP contribution in [0, 0.1) is 6.92 Å². The Balaban J connectivity index is 1.94. The van der Waals surface area contributed by atoms with E-state index in [9.17, 15) is 0 Å². The van der Waals surface area contributed by atoms with Crippen molar-refractivity contribution in [3.63, 3.8) is 0 Å². The molecule has 0 amide bonds. The molecule has 0 bridgehead atoms. The van der Waals surface area contributed by atoms with Gasteiger partial charge in [0.25, 0.3) is 0 Å². The molecule has 1 aliphatic heterocycles. The summed E-state index contributed by atoms with van der Waals surface area (Å²) in [5, 5.41) is 10.7. The second kappa shape index (κ2) is 3.69. The van der Waals surface area contributed by atoms with Crippen molar-refractivity contribution >= 4 is 5.96 Å². The van der Waals surface area contributed by atoms with E-state index in [1.807, 2.05) is 24.9 Å². The van der Waals surface area contributed by atoms with Crippen molar-refractivity contribution in [2.45, 2.75) is 13.5 Å².